The highest BCUT2D eigenvalue weighted by atomic mass is 16.6. The lowest BCUT2D eigenvalue weighted by molar-refractivity contribution is 0.00472. The van der Waals surface area contributed by atoms with Crippen molar-refractivity contribution in [1.82, 2.24) is 4.90 Å². The number of Topliss-reactive ketones (excluding diaryl/α,β-unsaturated/α-hetero) is 1. The molecule has 2 fully saturated rings. The molecule has 4 rings (SSSR count). The van der Waals surface area contributed by atoms with Crippen molar-refractivity contribution in [2.75, 3.05) is 7.11 Å². The first-order valence-corrected chi connectivity index (χ1v) is 10.3. The minimum Gasteiger partial charge on any atom is -0.497 e. The fourth-order valence-corrected chi connectivity index (χ4v) is 4.70. The topological polar surface area (TPSA) is 55.8 Å². The van der Waals surface area contributed by atoms with Gasteiger partial charge in [0, 0.05) is 23.6 Å². The van der Waals surface area contributed by atoms with Gasteiger partial charge >= 0.3 is 6.09 Å². The maximum atomic E-state index is 13.1. The van der Waals surface area contributed by atoms with Crippen LogP contribution in [0, 0.1) is 5.92 Å². The normalized spacial score (nSPS) is 23.3. The van der Waals surface area contributed by atoms with Crippen LogP contribution >= 0.6 is 0 Å². The average molecular weight is 393 g/mol. The van der Waals surface area contributed by atoms with Gasteiger partial charge in [0.1, 0.15) is 12.4 Å². The van der Waals surface area contributed by atoms with Gasteiger partial charge < -0.3 is 14.4 Å². The van der Waals surface area contributed by atoms with E-state index < -0.39 is 0 Å². The Morgan fingerprint density at radius 3 is 2.41 bits per heavy atom. The zero-order valence-corrected chi connectivity index (χ0v) is 16.8. The van der Waals surface area contributed by atoms with E-state index in [9.17, 15) is 9.59 Å². The molecular formula is C24H27NO4. The number of ketones is 1. The molecule has 2 saturated heterocycles. The second kappa shape index (κ2) is 8.68. The summed E-state index contributed by atoms with van der Waals surface area (Å²) in [5.41, 5.74) is 1.67. The predicted molar refractivity (Wildman–Crippen MR) is 110 cm³/mol. The highest BCUT2D eigenvalue weighted by molar-refractivity contribution is 5.98. The first kappa shape index (κ1) is 19.5. The van der Waals surface area contributed by atoms with Crippen LogP contribution in [-0.4, -0.2) is 36.0 Å². The molecule has 0 radical (unpaired) electrons. The molecule has 0 aromatic heterocycles. The third-order valence-electron chi connectivity index (χ3n) is 6.12. The Morgan fingerprint density at radius 2 is 1.72 bits per heavy atom. The van der Waals surface area contributed by atoms with E-state index in [-0.39, 0.29) is 36.5 Å². The van der Waals surface area contributed by atoms with Crippen molar-refractivity contribution >= 4 is 11.9 Å². The van der Waals surface area contributed by atoms with Crippen molar-refractivity contribution < 1.29 is 19.1 Å². The number of methoxy groups -OCH3 is 1. The number of fused-ring (bicyclic) bond motifs is 2. The summed E-state index contributed by atoms with van der Waals surface area (Å²) in [5.74, 6) is 0.784. The summed E-state index contributed by atoms with van der Waals surface area (Å²) in [6.07, 6.45) is 4.10. The number of ether oxygens (including phenoxy) is 2. The second-order valence-corrected chi connectivity index (χ2v) is 7.95. The standard InChI is InChI=1S/C24H27NO4/c1-28-22-12-5-9-18(15-22)23(26)19-13-20-10-6-11-21(14-19)25(20)24(27)29-16-17-7-3-2-4-8-17/h2-5,7-9,12,15,19-21H,6,10-11,13-14,16H2,1H3. The molecule has 2 aliphatic heterocycles. The molecule has 2 aromatic rings. The number of piperidine rings is 2. The molecule has 5 heteroatoms. The number of hydrogen-bond acceptors (Lipinski definition) is 4. The molecule has 2 unspecified atom stereocenters. The Bertz CT molecular complexity index is 852. The molecule has 2 heterocycles. The zero-order chi connectivity index (χ0) is 20.2. The van der Waals surface area contributed by atoms with Crippen molar-refractivity contribution in [3.05, 3.63) is 65.7 Å². The van der Waals surface area contributed by atoms with E-state index in [2.05, 4.69) is 0 Å². The maximum Gasteiger partial charge on any atom is 0.410 e. The molecule has 2 aromatic carbocycles. The smallest absolute Gasteiger partial charge is 0.410 e. The quantitative estimate of drug-likeness (QED) is 0.682. The van der Waals surface area contributed by atoms with Gasteiger partial charge in [-0.05, 0) is 49.8 Å². The molecule has 152 valence electrons. The minimum atomic E-state index is -0.254. The van der Waals surface area contributed by atoms with Crippen LogP contribution in [0.1, 0.15) is 48.0 Å². The lowest BCUT2D eigenvalue weighted by Crippen LogP contribution is -2.55. The first-order valence-electron chi connectivity index (χ1n) is 10.3. The summed E-state index contributed by atoms with van der Waals surface area (Å²) in [6.45, 7) is 0.280. The molecular weight excluding hydrogens is 366 g/mol. The molecule has 0 aliphatic carbocycles. The number of rotatable bonds is 5. The van der Waals surface area contributed by atoms with Gasteiger partial charge in [-0.25, -0.2) is 4.79 Å². The van der Waals surface area contributed by atoms with E-state index in [1.807, 2.05) is 53.4 Å². The van der Waals surface area contributed by atoms with Crippen molar-refractivity contribution in [2.24, 2.45) is 5.92 Å². The number of carbonyl (C=O) groups is 2. The molecule has 0 saturated carbocycles. The minimum absolute atomic E-state index is 0.0596. The summed E-state index contributed by atoms with van der Waals surface area (Å²) in [6, 6.07) is 17.2. The average Bonchev–Trinajstić information content (AvgIpc) is 2.76. The van der Waals surface area contributed by atoms with Crippen LogP contribution in [0.25, 0.3) is 0 Å². The van der Waals surface area contributed by atoms with Crippen LogP contribution in [-0.2, 0) is 11.3 Å². The van der Waals surface area contributed by atoms with E-state index in [1.165, 1.54) is 0 Å². The van der Waals surface area contributed by atoms with Crippen LogP contribution in [0.2, 0.25) is 0 Å². The third kappa shape index (κ3) is 4.29. The number of carbonyl (C=O) groups excluding carboxylic acids is 2. The first-order chi connectivity index (χ1) is 14.2. The molecule has 29 heavy (non-hydrogen) atoms. The van der Waals surface area contributed by atoms with Crippen molar-refractivity contribution in [1.29, 1.82) is 0 Å². The fraction of sp³-hybridized carbons (Fsp3) is 0.417. The van der Waals surface area contributed by atoms with Crippen molar-refractivity contribution in [2.45, 2.75) is 50.8 Å². The molecule has 2 bridgehead atoms. The van der Waals surface area contributed by atoms with E-state index in [4.69, 9.17) is 9.47 Å². The molecule has 1 amide bonds. The van der Waals surface area contributed by atoms with Crippen molar-refractivity contribution in [3.63, 3.8) is 0 Å². The van der Waals surface area contributed by atoms with Gasteiger partial charge in [-0.2, -0.15) is 0 Å². The SMILES string of the molecule is COc1cccc(C(=O)C2CC3CCCC(C2)N3C(=O)OCc2ccccc2)c1. The Kier molecular flexibility index (Phi) is 5.84. The number of benzene rings is 2. The Morgan fingerprint density at radius 1 is 1.00 bits per heavy atom. The van der Waals surface area contributed by atoms with Gasteiger partial charge in [0.15, 0.2) is 5.78 Å². The largest absolute Gasteiger partial charge is 0.497 e. The lowest BCUT2D eigenvalue weighted by Gasteiger charge is -2.47. The van der Waals surface area contributed by atoms with Crippen molar-refractivity contribution in [3.8, 4) is 5.75 Å². The second-order valence-electron chi connectivity index (χ2n) is 7.95. The van der Waals surface area contributed by atoms with E-state index in [0.29, 0.717) is 24.2 Å². The summed E-state index contributed by atoms with van der Waals surface area (Å²) in [4.78, 5) is 27.8. The van der Waals surface area contributed by atoms with E-state index in [0.717, 1.165) is 24.8 Å². The van der Waals surface area contributed by atoms with Crippen LogP contribution in [0.3, 0.4) is 0 Å². The monoisotopic (exact) mass is 393 g/mol. The van der Waals surface area contributed by atoms with Gasteiger partial charge in [-0.3, -0.25) is 4.79 Å². The van der Waals surface area contributed by atoms with Crippen LogP contribution in [0.15, 0.2) is 54.6 Å². The zero-order valence-electron chi connectivity index (χ0n) is 16.8. The molecule has 2 atom stereocenters. The number of amides is 1. The summed E-state index contributed by atoms with van der Waals surface area (Å²) < 4.78 is 10.9. The number of hydrogen-bond donors (Lipinski definition) is 0. The highest BCUT2D eigenvalue weighted by Gasteiger charge is 2.43. The summed E-state index contributed by atoms with van der Waals surface area (Å²) in [7, 11) is 1.60. The van der Waals surface area contributed by atoms with Gasteiger partial charge in [0.25, 0.3) is 0 Å². The molecule has 5 nitrogen and oxygen atoms in total. The fourth-order valence-electron chi connectivity index (χ4n) is 4.70. The summed E-state index contributed by atoms with van der Waals surface area (Å²) in [5, 5.41) is 0. The lowest BCUT2D eigenvalue weighted by atomic mass is 9.76. The van der Waals surface area contributed by atoms with Gasteiger partial charge in [0.05, 0.1) is 7.11 Å². The van der Waals surface area contributed by atoms with Gasteiger partial charge in [-0.1, -0.05) is 42.5 Å². The van der Waals surface area contributed by atoms with Crippen LogP contribution < -0.4 is 4.74 Å². The van der Waals surface area contributed by atoms with Crippen LogP contribution in [0.4, 0.5) is 4.79 Å². The molecule has 0 spiro atoms. The third-order valence-corrected chi connectivity index (χ3v) is 6.12. The van der Waals surface area contributed by atoms with E-state index >= 15 is 0 Å². The van der Waals surface area contributed by atoms with Gasteiger partial charge in [-0.15, -0.1) is 0 Å². The van der Waals surface area contributed by atoms with Crippen LogP contribution in [0.5, 0.6) is 5.75 Å². The van der Waals surface area contributed by atoms with Gasteiger partial charge in [0.2, 0.25) is 0 Å². The summed E-state index contributed by atoms with van der Waals surface area (Å²) >= 11 is 0. The molecule has 0 N–H and O–H groups in total. The number of nitrogens with zero attached hydrogens (tertiary/aromatic N) is 1. The predicted octanol–water partition coefficient (Wildman–Crippen LogP) is 4.85. The van der Waals surface area contributed by atoms with E-state index in [1.54, 1.807) is 13.2 Å². The highest BCUT2D eigenvalue weighted by Crippen LogP contribution is 2.39. The Labute approximate surface area is 171 Å². The Balaban J connectivity index is 1.43. The Hall–Kier alpha value is -2.82. The maximum absolute atomic E-state index is 13.1. The molecule has 2 aliphatic rings.